The van der Waals surface area contributed by atoms with E-state index in [0.29, 0.717) is 32.0 Å². The van der Waals surface area contributed by atoms with Crippen molar-refractivity contribution in [2.24, 2.45) is 0 Å². The molecule has 6 nitrogen and oxygen atoms in total. The maximum atomic E-state index is 11.6. The Bertz CT molecular complexity index is 378. The molecule has 1 heterocycles. The van der Waals surface area contributed by atoms with Crippen LogP contribution in [0.5, 0.6) is 0 Å². The Morgan fingerprint density at radius 2 is 2.21 bits per heavy atom. The van der Waals surface area contributed by atoms with Crippen LogP contribution in [0.2, 0.25) is 0 Å². The molecule has 1 aliphatic rings. The largest absolute Gasteiger partial charge is 0.356 e. The lowest BCUT2D eigenvalue weighted by molar-refractivity contribution is -0.121. The average molecular weight is 291 g/mol. The number of carbonyl (C=O) groups is 1. The fourth-order valence-electron chi connectivity index (χ4n) is 2.12. The third-order valence-electron chi connectivity index (χ3n) is 3.41. The highest BCUT2D eigenvalue weighted by molar-refractivity contribution is 7.89. The van der Waals surface area contributed by atoms with E-state index < -0.39 is 10.0 Å². The third-order valence-corrected chi connectivity index (χ3v) is 5.27. The average Bonchev–Trinajstić information content (AvgIpc) is 2.87. The minimum atomic E-state index is -3.11. The molecule has 1 unspecified atom stereocenters. The molecule has 0 aromatic heterocycles. The Morgan fingerprint density at radius 1 is 1.47 bits per heavy atom. The Balaban J connectivity index is 2.11. The van der Waals surface area contributed by atoms with Gasteiger partial charge in [0.1, 0.15) is 0 Å². The molecule has 0 spiro atoms. The van der Waals surface area contributed by atoms with Gasteiger partial charge < -0.3 is 10.6 Å². The zero-order valence-corrected chi connectivity index (χ0v) is 12.6. The second-order valence-corrected chi connectivity index (χ2v) is 7.29. The van der Waals surface area contributed by atoms with Crippen molar-refractivity contribution in [3.63, 3.8) is 0 Å². The van der Waals surface area contributed by atoms with Gasteiger partial charge in [-0.15, -0.1) is 0 Å². The molecule has 0 aromatic rings. The van der Waals surface area contributed by atoms with Crippen molar-refractivity contribution in [2.45, 2.75) is 38.6 Å². The summed E-state index contributed by atoms with van der Waals surface area (Å²) in [4.78, 5) is 11.6. The summed E-state index contributed by atoms with van der Waals surface area (Å²) >= 11 is 0. The summed E-state index contributed by atoms with van der Waals surface area (Å²) in [6, 6.07) is 0.308. The molecule has 2 N–H and O–H groups in total. The van der Waals surface area contributed by atoms with Crippen LogP contribution in [0.25, 0.3) is 0 Å². The van der Waals surface area contributed by atoms with Crippen LogP contribution in [-0.2, 0) is 14.8 Å². The number of amides is 1. The molecule has 1 fully saturated rings. The Kier molecular flexibility index (Phi) is 6.74. The van der Waals surface area contributed by atoms with Gasteiger partial charge in [0.2, 0.25) is 15.9 Å². The summed E-state index contributed by atoms with van der Waals surface area (Å²) < 4.78 is 24.3. The molecular formula is C12H25N3O3S. The van der Waals surface area contributed by atoms with Gasteiger partial charge >= 0.3 is 0 Å². The van der Waals surface area contributed by atoms with E-state index in [9.17, 15) is 13.2 Å². The molecule has 1 aliphatic heterocycles. The molecular weight excluding hydrogens is 266 g/mol. The molecule has 112 valence electrons. The summed E-state index contributed by atoms with van der Waals surface area (Å²) in [7, 11) is -1.53. The molecule has 19 heavy (non-hydrogen) atoms. The van der Waals surface area contributed by atoms with Gasteiger partial charge in [0.15, 0.2) is 0 Å². The van der Waals surface area contributed by atoms with Gasteiger partial charge in [0, 0.05) is 32.6 Å². The van der Waals surface area contributed by atoms with Crippen LogP contribution in [0.3, 0.4) is 0 Å². The van der Waals surface area contributed by atoms with Gasteiger partial charge in [-0.05, 0) is 32.7 Å². The van der Waals surface area contributed by atoms with Crippen molar-refractivity contribution in [1.29, 1.82) is 0 Å². The highest BCUT2D eigenvalue weighted by Gasteiger charge is 2.17. The van der Waals surface area contributed by atoms with Gasteiger partial charge in [-0.3, -0.25) is 4.79 Å². The van der Waals surface area contributed by atoms with E-state index in [1.807, 2.05) is 0 Å². The van der Waals surface area contributed by atoms with Crippen LogP contribution < -0.4 is 10.6 Å². The number of nitrogens with zero attached hydrogens (tertiary/aromatic N) is 1. The van der Waals surface area contributed by atoms with E-state index in [0.717, 1.165) is 19.4 Å². The summed E-state index contributed by atoms with van der Waals surface area (Å²) in [6.45, 7) is 3.59. The molecule has 0 saturated carbocycles. The first-order valence-electron chi connectivity index (χ1n) is 6.90. The van der Waals surface area contributed by atoms with Crippen LogP contribution in [0.1, 0.15) is 32.6 Å². The normalized spacial score (nSPS) is 19.8. The number of hydrogen-bond acceptors (Lipinski definition) is 4. The van der Waals surface area contributed by atoms with Crippen molar-refractivity contribution in [3.05, 3.63) is 0 Å². The zero-order chi connectivity index (χ0) is 14.3. The zero-order valence-electron chi connectivity index (χ0n) is 11.8. The van der Waals surface area contributed by atoms with Crippen LogP contribution in [-0.4, -0.2) is 57.1 Å². The summed E-state index contributed by atoms with van der Waals surface area (Å²) in [5.74, 6) is 0.156. The van der Waals surface area contributed by atoms with E-state index in [1.165, 1.54) is 4.31 Å². The van der Waals surface area contributed by atoms with Crippen molar-refractivity contribution >= 4 is 15.9 Å². The van der Waals surface area contributed by atoms with Crippen molar-refractivity contribution in [3.8, 4) is 0 Å². The molecule has 0 bridgehead atoms. The summed E-state index contributed by atoms with van der Waals surface area (Å²) in [5, 5.41) is 6.11. The lowest BCUT2D eigenvalue weighted by Gasteiger charge is -2.16. The van der Waals surface area contributed by atoms with Crippen LogP contribution in [0.4, 0.5) is 0 Å². The van der Waals surface area contributed by atoms with Crippen molar-refractivity contribution in [1.82, 2.24) is 14.9 Å². The van der Waals surface area contributed by atoms with Gasteiger partial charge in [0.25, 0.3) is 0 Å². The van der Waals surface area contributed by atoms with E-state index >= 15 is 0 Å². The number of carbonyl (C=O) groups excluding carboxylic acids is 1. The van der Waals surface area contributed by atoms with E-state index in [-0.39, 0.29) is 11.7 Å². The van der Waals surface area contributed by atoms with E-state index in [4.69, 9.17) is 0 Å². The lowest BCUT2D eigenvalue weighted by atomic mass is 10.1. The molecule has 1 atom stereocenters. The first-order valence-corrected chi connectivity index (χ1v) is 8.50. The number of rotatable bonds is 8. The molecule has 1 amide bonds. The monoisotopic (exact) mass is 291 g/mol. The summed E-state index contributed by atoms with van der Waals surface area (Å²) in [5.41, 5.74) is 0. The lowest BCUT2D eigenvalue weighted by Crippen LogP contribution is -2.34. The standard InChI is InChI=1S/C12H25N3O3S/c1-3-19(17,18)15(2)9-5-8-14-12(16)10-11-6-4-7-13-11/h11,13H,3-10H2,1-2H3,(H,14,16). The van der Waals surface area contributed by atoms with Gasteiger partial charge in [0.05, 0.1) is 5.75 Å². The second kappa shape index (κ2) is 7.81. The fourth-order valence-corrected chi connectivity index (χ4v) is 2.96. The van der Waals surface area contributed by atoms with Crippen molar-refractivity contribution in [2.75, 3.05) is 32.4 Å². The SMILES string of the molecule is CCS(=O)(=O)N(C)CCCNC(=O)CC1CCCN1. The minimum Gasteiger partial charge on any atom is -0.356 e. The predicted molar refractivity (Wildman–Crippen MR) is 75.4 cm³/mol. The van der Waals surface area contributed by atoms with Gasteiger partial charge in [-0.25, -0.2) is 12.7 Å². The van der Waals surface area contributed by atoms with Gasteiger partial charge in [-0.1, -0.05) is 0 Å². The molecule has 0 radical (unpaired) electrons. The van der Waals surface area contributed by atoms with Crippen LogP contribution >= 0.6 is 0 Å². The first kappa shape index (κ1) is 16.4. The van der Waals surface area contributed by atoms with Gasteiger partial charge in [-0.2, -0.15) is 0 Å². The first-order chi connectivity index (χ1) is 8.95. The summed E-state index contributed by atoms with van der Waals surface area (Å²) in [6.07, 6.45) is 3.35. The highest BCUT2D eigenvalue weighted by atomic mass is 32.2. The van der Waals surface area contributed by atoms with E-state index in [1.54, 1.807) is 14.0 Å². The third kappa shape index (κ3) is 5.88. The second-order valence-electron chi connectivity index (χ2n) is 4.92. The van der Waals surface area contributed by atoms with Crippen LogP contribution in [0.15, 0.2) is 0 Å². The van der Waals surface area contributed by atoms with Crippen LogP contribution in [0, 0.1) is 0 Å². The molecule has 1 saturated heterocycles. The number of sulfonamides is 1. The predicted octanol–water partition coefficient (Wildman–Crippen LogP) is -0.0837. The number of nitrogens with one attached hydrogen (secondary N) is 2. The highest BCUT2D eigenvalue weighted by Crippen LogP contribution is 2.08. The molecule has 0 aromatic carbocycles. The minimum absolute atomic E-state index is 0.0420. The molecule has 7 heteroatoms. The Labute approximate surface area is 116 Å². The topological polar surface area (TPSA) is 78.5 Å². The molecule has 0 aliphatic carbocycles. The smallest absolute Gasteiger partial charge is 0.221 e. The Morgan fingerprint density at radius 3 is 2.79 bits per heavy atom. The maximum absolute atomic E-state index is 11.6. The van der Waals surface area contributed by atoms with E-state index in [2.05, 4.69) is 10.6 Å². The maximum Gasteiger partial charge on any atom is 0.221 e. The fraction of sp³-hybridized carbons (Fsp3) is 0.917. The van der Waals surface area contributed by atoms with Crippen molar-refractivity contribution < 1.29 is 13.2 Å². The molecule has 1 rings (SSSR count). The quantitative estimate of drug-likeness (QED) is 0.613. The number of hydrogen-bond donors (Lipinski definition) is 2. The Hall–Kier alpha value is -0.660.